The molecule has 1 amide bonds. The lowest BCUT2D eigenvalue weighted by Gasteiger charge is -2.26. The molecule has 5 nitrogen and oxygen atoms in total. The molecule has 1 saturated heterocycles. The number of thiophene rings is 1. The van der Waals surface area contributed by atoms with Crippen molar-refractivity contribution >= 4 is 48.9 Å². The molecule has 0 radical (unpaired) electrons. The predicted molar refractivity (Wildman–Crippen MR) is 120 cm³/mol. The van der Waals surface area contributed by atoms with Gasteiger partial charge in [-0.1, -0.05) is 18.2 Å². The van der Waals surface area contributed by atoms with E-state index in [-0.39, 0.29) is 5.91 Å². The molecule has 7 heteroatoms. The van der Waals surface area contributed by atoms with Gasteiger partial charge in [0.2, 0.25) is 0 Å². The van der Waals surface area contributed by atoms with E-state index in [9.17, 15) is 4.79 Å². The molecule has 0 atom stereocenters. The molecule has 29 heavy (non-hydrogen) atoms. The largest absolute Gasteiger partial charge is 0.379 e. The minimum atomic E-state index is -0.0314. The van der Waals surface area contributed by atoms with Gasteiger partial charge in [-0.15, -0.1) is 22.7 Å². The van der Waals surface area contributed by atoms with E-state index in [0.29, 0.717) is 12.1 Å². The van der Waals surface area contributed by atoms with Crippen molar-refractivity contribution in [1.29, 1.82) is 0 Å². The molecular formula is C22H21N3O2S2. The van der Waals surface area contributed by atoms with E-state index in [1.54, 1.807) is 22.7 Å². The second-order valence-electron chi connectivity index (χ2n) is 7.06. The summed E-state index contributed by atoms with van der Waals surface area (Å²) in [5.74, 6) is -0.0314. The monoisotopic (exact) mass is 423 g/mol. The molecule has 1 N–H and O–H groups in total. The van der Waals surface area contributed by atoms with Gasteiger partial charge < -0.3 is 10.1 Å². The van der Waals surface area contributed by atoms with Gasteiger partial charge in [0.15, 0.2) is 0 Å². The number of morpholine rings is 1. The van der Waals surface area contributed by atoms with Gasteiger partial charge in [-0.3, -0.25) is 9.69 Å². The van der Waals surface area contributed by atoms with Crippen molar-refractivity contribution in [3.05, 3.63) is 53.4 Å². The number of ether oxygens (including phenoxy) is 1. The number of benzene rings is 2. The molecule has 0 saturated carbocycles. The van der Waals surface area contributed by atoms with Gasteiger partial charge in [-0.2, -0.15) is 0 Å². The minimum absolute atomic E-state index is 0.0314. The van der Waals surface area contributed by atoms with Crippen LogP contribution in [0.15, 0.2) is 47.8 Å². The molecule has 3 heterocycles. The average Bonchev–Trinajstić information content (AvgIpc) is 3.37. The summed E-state index contributed by atoms with van der Waals surface area (Å²) in [7, 11) is 0. The van der Waals surface area contributed by atoms with Crippen molar-refractivity contribution in [2.24, 2.45) is 0 Å². The van der Waals surface area contributed by atoms with Crippen molar-refractivity contribution in [2.75, 3.05) is 39.4 Å². The maximum Gasteiger partial charge on any atom is 0.251 e. The van der Waals surface area contributed by atoms with E-state index in [4.69, 9.17) is 9.72 Å². The first-order valence-electron chi connectivity index (χ1n) is 9.73. The fourth-order valence-corrected chi connectivity index (χ4v) is 5.63. The quantitative estimate of drug-likeness (QED) is 0.522. The van der Waals surface area contributed by atoms with Crippen LogP contribution in [0.1, 0.15) is 10.4 Å². The van der Waals surface area contributed by atoms with Gasteiger partial charge in [-0.25, -0.2) is 4.98 Å². The van der Waals surface area contributed by atoms with Crippen molar-refractivity contribution in [1.82, 2.24) is 15.2 Å². The number of amides is 1. The highest BCUT2D eigenvalue weighted by atomic mass is 32.1. The summed E-state index contributed by atoms with van der Waals surface area (Å²) in [6.07, 6.45) is 0. The van der Waals surface area contributed by atoms with Gasteiger partial charge >= 0.3 is 0 Å². The van der Waals surface area contributed by atoms with Crippen LogP contribution in [-0.2, 0) is 4.74 Å². The first-order valence-corrected chi connectivity index (χ1v) is 11.4. The Bertz CT molecular complexity index is 1160. The second-order valence-corrected chi connectivity index (χ2v) is 9.00. The number of hydrogen-bond acceptors (Lipinski definition) is 6. The zero-order valence-electron chi connectivity index (χ0n) is 15.9. The lowest BCUT2D eigenvalue weighted by atomic mass is 10.2. The normalized spacial score (nSPS) is 15.2. The number of nitrogens with one attached hydrogen (secondary N) is 1. The third kappa shape index (κ3) is 3.91. The molecule has 2 aromatic carbocycles. The van der Waals surface area contributed by atoms with E-state index in [1.165, 1.54) is 15.6 Å². The topological polar surface area (TPSA) is 54.5 Å². The van der Waals surface area contributed by atoms with Crippen LogP contribution in [0, 0.1) is 0 Å². The summed E-state index contributed by atoms with van der Waals surface area (Å²) < 4.78 is 7.66. The SMILES string of the molecule is O=C(NCCN1CCOCC1)c1ccc2nc(-c3csc4ccccc34)sc2c1. The second kappa shape index (κ2) is 8.20. The van der Waals surface area contributed by atoms with Crippen molar-refractivity contribution < 1.29 is 9.53 Å². The van der Waals surface area contributed by atoms with Crippen LogP contribution >= 0.6 is 22.7 Å². The maximum atomic E-state index is 12.6. The molecule has 2 aromatic heterocycles. The number of hydrogen-bond donors (Lipinski definition) is 1. The minimum Gasteiger partial charge on any atom is -0.379 e. The third-order valence-electron chi connectivity index (χ3n) is 5.18. The van der Waals surface area contributed by atoms with Crippen LogP contribution in [0.3, 0.4) is 0 Å². The highest BCUT2D eigenvalue weighted by molar-refractivity contribution is 7.22. The summed E-state index contributed by atoms with van der Waals surface area (Å²) in [5, 5.41) is 7.44. The number of thiazole rings is 1. The molecule has 148 valence electrons. The molecule has 1 fully saturated rings. The predicted octanol–water partition coefficient (Wildman–Crippen LogP) is 4.24. The molecule has 0 spiro atoms. The Morgan fingerprint density at radius 2 is 2.00 bits per heavy atom. The first kappa shape index (κ1) is 18.7. The van der Waals surface area contributed by atoms with Crippen molar-refractivity contribution in [2.45, 2.75) is 0 Å². The lowest BCUT2D eigenvalue weighted by molar-refractivity contribution is 0.0383. The van der Waals surface area contributed by atoms with Crippen LogP contribution in [0.2, 0.25) is 0 Å². The Labute approximate surface area is 176 Å². The van der Waals surface area contributed by atoms with Gasteiger partial charge in [0.25, 0.3) is 5.91 Å². The van der Waals surface area contributed by atoms with Crippen molar-refractivity contribution in [3.63, 3.8) is 0 Å². The molecule has 0 unspecified atom stereocenters. The number of rotatable bonds is 5. The Morgan fingerprint density at radius 3 is 2.90 bits per heavy atom. The number of fused-ring (bicyclic) bond motifs is 2. The van der Waals surface area contributed by atoms with E-state index in [0.717, 1.165) is 48.1 Å². The molecule has 0 aliphatic carbocycles. The van der Waals surface area contributed by atoms with E-state index < -0.39 is 0 Å². The summed E-state index contributed by atoms with van der Waals surface area (Å²) in [4.78, 5) is 19.7. The fraction of sp³-hybridized carbons (Fsp3) is 0.273. The Morgan fingerprint density at radius 1 is 1.14 bits per heavy atom. The van der Waals surface area contributed by atoms with Gasteiger partial charge in [0.1, 0.15) is 5.01 Å². The molecule has 5 rings (SSSR count). The highest BCUT2D eigenvalue weighted by Gasteiger charge is 2.14. The molecule has 1 aliphatic heterocycles. The summed E-state index contributed by atoms with van der Waals surface area (Å²) in [6.45, 7) is 4.92. The number of aromatic nitrogens is 1. The van der Waals surface area contributed by atoms with E-state index in [1.807, 2.05) is 18.2 Å². The third-order valence-corrected chi connectivity index (χ3v) is 7.19. The smallest absolute Gasteiger partial charge is 0.251 e. The van der Waals surface area contributed by atoms with Crippen molar-refractivity contribution in [3.8, 4) is 10.6 Å². The Balaban J connectivity index is 1.32. The summed E-state index contributed by atoms with van der Waals surface area (Å²) >= 11 is 3.38. The van der Waals surface area contributed by atoms with Crippen LogP contribution in [0.5, 0.6) is 0 Å². The average molecular weight is 424 g/mol. The number of carbonyl (C=O) groups is 1. The molecule has 4 aromatic rings. The van der Waals surface area contributed by atoms with Gasteiger partial charge in [-0.05, 0) is 24.3 Å². The lowest BCUT2D eigenvalue weighted by Crippen LogP contribution is -2.41. The zero-order chi connectivity index (χ0) is 19.6. The number of carbonyl (C=O) groups excluding carboxylic acids is 1. The first-order chi connectivity index (χ1) is 14.3. The van der Waals surface area contributed by atoms with Gasteiger partial charge in [0, 0.05) is 52.8 Å². The molecular weight excluding hydrogens is 402 g/mol. The summed E-state index contributed by atoms with van der Waals surface area (Å²) in [6, 6.07) is 14.2. The Kier molecular flexibility index (Phi) is 5.28. The van der Waals surface area contributed by atoms with E-state index in [2.05, 4.69) is 39.9 Å². The number of nitrogens with zero attached hydrogens (tertiary/aromatic N) is 2. The standard InChI is InChI=1S/C22H21N3O2S2/c26-21(23-7-8-25-9-11-27-12-10-25)15-5-6-18-20(13-15)29-22(24-18)17-14-28-19-4-2-1-3-16(17)19/h1-6,13-14H,7-12H2,(H,23,26). The highest BCUT2D eigenvalue weighted by Crippen LogP contribution is 2.38. The van der Waals surface area contributed by atoms with Crippen LogP contribution in [0.4, 0.5) is 0 Å². The maximum absolute atomic E-state index is 12.6. The zero-order valence-corrected chi connectivity index (χ0v) is 17.5. The fourth-order valence-electron chi connectivity index (χ4n) is 3.58. The molecule has 1 aliphatic rings. The Hall–Kier alpha value is -2.32. The summed E-state index contributed by atoms with van der Waals surface area (Å²) in [5.41, 5.74) is 2.79. The van der Waals surface area contributed by atoms with Crippen LogP contribution in [0.25, 0.3) is 30.9 Å². The van der Waals surface area contributed by atoms with Crippen LogP contribution < -0.4 is 5.32 Å². The van der Waals surface area contributed by atoms with Crippen LogP contribution in [-0.4, -0.2) is 55.2 Å². The van der Waals surface area contributed by atoms with E-state index >= 15 is 0 Å². The molecule has 0 bridgehead atoms. The van der Waals surface area contributed by atoms with Gasteiger partial charge in [0.05, 0.1) is 23.4 Å².